The Hall–Kier alpha value is -0.293. The first kappa shape index (κ1) is 13.8. The molecule has 0 aromatic carbocycles. The fourth-order valence-corrected chi connectivity index (χ4v) is 4.58. The van der Waals surface area contributed by atoms with Crippen molar-refractivity contribution in [3.8, 4) is 0 Å². The molecular formula is C11H19F3OSi. The molecule has 0 aromatic heterocycles. The molecule has 0 radical (unpaired) electrons. The van der Waals surface area contributed by atoms with E-state index in [0.717, 1.165) is 30.7 Å². The van der Waals surface area contributed by atoms with Gasteiger partial charge in [0, 0.05) is 13.0 Å². The second-order valence-electron chi connectivity index (χ2n) is 4.49. The SMILES string of the molecule is C=C(C(C)CCC(F)(F)F)[SiH]1CCCCO1. The summed E-state index contributed by atoms with van der Waals surface area (Å²) in [7, 11) is -1.43. The monoisotopic (exact) mass is 252 g/mol. The predicted octanol–water partition coefficient (Wildman–Crippen LogP) is 3.59. The molecule has 1 aliphatic rings. The Morgan fingerprint density at radius 3 is 2.62 bits per heavy atom. The molecule has 0 spiro atoms. The van der Waals surface area contributed by atoms with Crippen molar-refractivity contribution in [2.24, 2.45) is 5.92 Å². The van der Waals surface area contributed by atoms with E-state index in [1.54, 1.807) is 0 Å². The molecule has 1 rings (SSSR count). The molecule has 0 N–H and O–H groups in total. The van der Waals surface area contributed by atoms with Gasteiger partial charge < -0.3 is 4.43 Å². The Kier molecular flexibility index (Phi) is 5.05. The molecule has 5 heteroatoms. The van der Waals surface area contributed by atoms with Crippen molar-refractivity contribution >= 4 is 9.04 Å². The minimum Gasteiger partial charge on any atom is -0.416 e. The highest BCUT2D eigenvalue weighted by Gasteiger charge is 2.30. The summed E-state index contributed by atoms with van der Waals surface area (Å²) in [5.41, 5.74) is 0. The van der Waals surface area contributed by atoms with Crippen molar-refractivity contribution in [1.29, 1.82) is 0 Å². The summed E-state index contributed by atoms with van der Waals surface area (Å²) in [6, 6.07) is 1.04. The molecule has 0 bridgehead atoms. The first-order valence-electron chi connectivity index (χ1n) is 5.77. The van der Waals surface area contributed by atoms with E-state index in [4.69, 9.17) is 4.43 Å². The summed E-state index contributed by atoms with van der Waals surface area (Å²) in [5, 5.41) is 0.962. The minimum absolute atomic E-state index is 0.0589. The van der Waals surface area contributed by atoms with E-state index < -0.39 is 21.6 Å². The van der Waals surface area contributed by atoms with Gasteiger partial charge in [0.1, 0.15) is 0 Å². The van der Waals surface area contributed by atoms with Gasteiger partial charge in [-0.15, -0.1) is 6.58 Å². The fourth-order valence-electron chi connectivity index (χ4n) is 1.92. The average Bonchev–Trinajstić information content (AvgIpc) is 2.25. The molecule has 1 heterocycles. The summed E-state index contributed by atoms with van der Waals surface area (Å²) in [5.74, 6) is -0.0589. The lowest BCUT2D eigenvalue weighted by Gasteiger charge is -2.26. The molecule has 1 nitrogen and oxygen atoms in total. The fraction of sp³-hybridized carbons (Fsp3) is 0.818. The molecule has 0 saturated carbocycles. The Morgan fingerprint density at radius 1 is 1.44 bits per heavy atom. The van der Waals surface area contributed by atoms with Gasteiger partial charge in [0.25, 0.3) is 0 Å². The van der Waals surface area contributed by atoms with Crippen LogP contribution in [0.5, 0.6) is 0 Å². The summed E-state index contributed by atoms with van der Waals surface area (Å²) in [6.07, 6.45) is -2.40. The molecule has 0 aromatic rings. The van der Waals surface area contributed by atoms with Crippen LogP contribution >= 0.6 is 0 Å². The number of hydrogen-bond donors (Lipinski definition) is 0. The van der Waals surface area contributed by atoms with Gasteiger partial charge in [-0.2, -0.15) is 13.2 Å². The highest BCUT2D eigenvalue weighted by atomic mass is 28.3. The van der Waals surface area contributed by atoms with E-state index in [9.17, 15) is 13.2 Å². The Morgan fingerprint density at radius 2 is 2.12 bits per heavy atom. The zero-order chi connectivity index (χ0) is 12.2. The number of halogens is 3. The van der Waals surface area contributed by atoms with Crippen LogP contribution in [0.15, 0.2) is 11.8 Å². The first-order chi connectivity index (χ1) is 7.40. The van der Waals surface area contributed by atoms with Gasteiger partial charge in [-0.3, -0.25) is 0 Å². The highest BCUT2D eigenvalue weighted by molar-refractivity contribution is 6.60. The standard InChI is InChI=1S/C11H19F3OSi/c1-9(5-6-11(12,13)14)10(2)16-8-4-3-7-15-16/h9,16H,2-8H2,1H3. The maximum atomic E-state index is 12.1. The van der Waals surface area contributed by atoms with Crippen molar-refractivity contribution in [1.82, 2.24) is 0 Å². The largest absolute Gasteiger partial charge is 0.416 e. The average molecular weight is 252 g/mol. The summed E-state index contributed by atoms with van der Waals surface area (Å²) < 4.78 is 41.9. The van der Waals surface area contributed by atoms with E-state index in [1.807, 2.05) is 6.92 Å². The molecule has 2 unspecified atom stereocenters. The van der Waals surface area contributed by atoms with Gasteiger partial charge in [0.15, 0.2) is 0 Å². The lowest BCUT2D eigenvalue weighted by Crippen LogP contribution is -2.29. The van der Waals surface area contributed by atoms with Crippen LogP contribution in [0.2, 0.25) is 6.04 Å². The maximum absolute atomic E-state index is 12.1. The maximum Gasteiger partial charge on any atom is 0.389 e. The first-order valence-corrected chi connectivity index (χ1v) is 7.63. The lowest BCUT2D eigenvalue weighted by molar-refractivity contribution is -0.136. The number of rotatable bonds is 4. The van der Waals surface area contributed by atoms with Gasteiger partial charge in [0.05, 0.1) is 0 Å². The van der Waals surface area contributed by atoms with Crippen molar-refractivity contribution in [3.05, 3.63) is 11.8 Å². The minimum atomic E-state index is -4.05. The van der Waals surface area contributed by atoms with Crippen LogP contribution in [-0.4, -0.2) is 21.8 Å². The van der Waals surface area contributed by atoms with Crippen molar-refractivity contribution < 1.29 is 17.6 Å². The quantitative estimate of drug-likeness (QED) is 0.695. The molecule has 2 atom stereocenters. The predicted molar refractivity (Wildman–Crippen MR) is 60.7 cm³/mol. The number of allylic oxidation sites excluding steroid dienone is 1. The second-order valence-corrected chi connectivity index (χ2v) is 7.11. The van der Waals surface area contributed by atoms with Crippen LogP contribution in [0.25, 0.3) is 0 Å². The third-order valence-corrected chi connectivity index (χ3v) is 6.05. The summed E-state index contributed by atoms with van der Waals surface area (Å²) in [6.45, 7) is 6.55. The molecule has 0 aliphatic carbocycles. The molecule has 94 valence electrons. The zero-order valence-electron chi connectivity index (χ0n) is 9.65. The number of hydrogen-bond acceptors (Lipinski definition) is 1. The third kappa shape index (κ3) is 4.70. The van der Waals surface area contributed by atoms with Crippen LogP contribution in [0.3, 0.4) is 0 Å². The van der Waals surface area contributed by atoms with Gasteiger partial charge in [-0.1, -0.05) is 18.5 Å². The Labute approximate surface area is 96.4 Å². The smallest absolute Gasteiger partial charge is 0.389 e. The normalized spacial score (nSPS) is 24.1. The second kappa shape index (κ2) is 5.86. The molecule has 1 fully saturated rings. The van der Waals surface area contributed by atoms with Gasteiger partial charge in [0.2, 0.25) is 9.04 Å². The van der Waals surface area contributed by atoms with Crippen LogP contribution in [-0.2, 0) is 4.43 Å². The van der Waals surface area contributed by atoms with E-state index >= 15 is 0 Å². The van der Waals surface area contributed by atoms with Crippen molar-refractivity contribution in [2.45, 2.75) is 44.8 Å². The summed E-state index contributed by atoms with van der Waals surface area (Å²) in [4.78, 5) is 0. The van der Waals surface area contributed by atoms with E-state index in [0.29, 0.717) is 0 Å². The topological polar surface area (TPSA) is 9.23 Å². The van der Waals surface area contributed by atoms with Crippen LogP contribution in [0.4, 0.5) is 13.2 Å². The third-order valence-electron chi connectivity index (χ3n) is 3.09. The van der Waals surface area contributed by atoms with Crippen LogP contribution in [0, 0.1) is 5.92 Å². The van der Waals surface area contributed by atoms with E-state index in [1.165, 1.54) is 0 Å². The highest BCUT2D eigenvalue weighted by Crippen LogP contribution is 2.29. The van der Waals surface area contributed by atoms with Crippen molar-refractivity contribution in [3.63, 3.8) is 0 Å². The van der Waals surface area contributed by atoms with Crippen molar-refractivity contribution in [2.75, 3.05) is 6.61 Å². The molecule has 0 amide bonds. The zero-order valence-corrected chi connectivity index (χ0v) is 10.8. The van der Waals surface area contributed by atoms with E-state index in [2.05, 4.69) is 6.58 Å². The van der Waals surface area contributed by atoms with Gasteiger partial charge >= 0.3 is 6.18 Å². The van der Waals surface area contributed by atoms with Crippen LogP contribution < -0.4 is 0 Å². The molecule has 1 aliphatic heterocycles. The Balaban J connectivity index is 2.34. The molecular weight excluding hydrogens is 233 g/mol. The van der Waals surface area contributed by atoms with Crippen LogP contribution in [0.1, 0.15) is 32.6 Å². The number of alkyl halides is 3. The lowest BCUT2D eigenvalue weighted by atomic mass is 10.1. The van der Waals surface area contributed by atoms with E-state index in [-0.39, 0.29) is 12.3 Å². The van der Waals surface area contributed by atoms with Gasteiger partial charge in [-0.25, -0.2) is 0 Å². The Bertz CT molecular complexity index is 234. The molecule has 16 heavy (non-hydrogen) atoms. The molecule has 1 saturated heterocycles. The van der Waals surface area contributed by atoms with Gasteiger partial charge in [-0.05, 0) is 24.8 Å². The summed E-state index contributed by atoms with van der Waals surface area (Å²) >= 11 is 0.